The normalized spacial score (nSPS) is 22.2. The fraction of sp³-hybridized carbons (Fsp3) is 0.387. The van der Waals surface area contributed by atoms with Gasteiger partial charge in [0.2, 0.25) is 0 Å². The molecule has 0 N–H and O–H groups in total. The molecule has 2 bridgehead atoms. The molecule has 3 aliphatic rings. The van der Waals surface area contributed by atoms with Gasteiger partial charge in [0.05, 0.1) is 38.5 Å². The SMILES string of the molecule is CCOc1ccc(CC[N+]23CCC(CC2)[C@@H](OC(=O)N(Cc2ccc(F)cc2)c2ccccc2F)C3)cc1. The number of ether oxygens (including phenoxy) is 2. The number of quaternary nitrogens is 1. The third-order valence-corrected chi connectivity index (χ3v) is 8.02. The molecular formula is C31H35F2N2O3+. The summed E-state index contributed by atoms with van der Waals surface area (Å²) in [6.07, 6.45) is 2.19. The first-order valence-corrected chi connectivity index (χ1v) is 13.5. The van der Waals surface area contributed by atoms with Crippen LogP contribution in [0.1, 0.15) is 30.9 Å². The zero-order chi connectivity index (χ0) is 26.5. The summed E-state index contributed by atoms with van der Waals surface area (Å²) in [5.74, 6) is 0.339. The summed E-state index contributed by atoms with van der Waals surface area (Å²) in [5.41, 5.74) is 2.12. The fourth-order valence-corrected chi connectivity index (χ4v) is 5.84. The molecule has 0 unspecified atom stereocenters. The molecule has 0 spiro atoms. The van der Waals surface area contributed by atoms with Crippen LogP contribution >= 0.6 is 0 Å². The van der Waals surface area contributed by atoms with Crippen molar-refractivity contribution in [2.75, 3.05) is 37.7 Å². The highest BCUT2D eigenvalue weighted by Crippen LogP contribution is 2.36. The van der Waals surface area contributed by atoms with Crippen LogP contribution in [-0.4, -0.2) is 49.5 Å². The van der Waals surface area contributed by atoms with Crippen molar-refractivity contribution in [2.45, 2.75) is 38.8 Å². The largest absolute Gasteiger partial charge is 0.494 e. The van der Waals surface area contributed by atoms with Gasteiger partial charge < -0.3 is 14.0 Å². The number of para-hydroxylation sites is 1. The van der Waals surface area contributed by atoms with Crippen molar-refractivity contribution >= 4 is 11.8 Å². The number of hydrogen-bond acceptors (Lipinski definition) is 3. The minimum absolute atomic E-state index is 0.0924. The Morgan fingerprint density at radius 1 is 0.947 bits per heavy atom. The molecule has 6 rings (SSSR count). The Morgan fingerprint density at radius 3 is 2.32 bits per heavy atom. The van der Waals surface area contributed by atoms with E-state index in [1.807, 2.05) is 19.1 Å². The highest BCUT2D eigenvalue weighted by atomic mass is 19.1. The van der Waals surface area contributed by atoms with Gasteiger partial charge in [0.15, 0.2) is 6.10 Å². The zero-order valence-electron chi connectivity index (χ0n) is 21.8. The Bertz CT molecular complexity index is 1220. The predicted molar refractivity (Wildman–Crippen MR) is 143 cm³/mol. The Kier molecular flexibility index (Phi) is 7.93. The third kappa shape index (κ3) is 5.99. The Balaban J connectivity index is 1.28. The lowest BCUT2D eigenvalue weighted by molar-refractivity contribution is -0.945. The van der Waals surface area contributed by atoms with Crippen LogP contribution in [0.5, 0.6) is 5.75 Å². The maximum atomic E-state index is 14.8. The monoisotopic (exact) mass is 521 g/mol. The van der Waals surface area contributed by atoms with Crippen LogP contribution in [0, 0.1) is 17.6 Å². The molecule has 5 nitrogen and oxygen atoms in total. The lowest BCUT2D eigenvalue weighted by Gasteiger charge is -2.52. The molecule has 3 fully saturated rings. The molecule has 38 heavy (non-hydrogen) atoms. The van der Waals surface area contributed by atoms with Gasteiger partial charge in [0, 0.05) is 25.2 Å². The second-order valence-electron chi connectivity index (χ2n) is 10.4. The Morgan fingerprint density at radius 2 is 1.63 bits per heavy atom. The number of nitrogens with zero attached hydrogens (tertiary/aromatic N) is 2. The lowest BCUT2D eigenvalue weighted by atomic mass is 9.83. The molecule has 0 aliphatic carbocycles. The Labute approximate surface area is 223 Å². The summed E-state index contributed by atoms with van der Waals surface area (Å²) in [7, 11) is 0. The third-order valence-electron chi connectivity index (χ3n) is 8.02. The van der Waals surface area contributed by atoms with Gasteiger partial charge in [-0.3, -0.25) is 4.90 Å². The highest BCUT2D eigenvalue weighted by Gasteiger charge is 2.47. The van der Waals surface area contributed by atoms with Gasteiger partial charge in [0.25, 0.3) is 0 Å². The number of anilines is 1. The van der Waals surface area contributed by atoms with Crippen molar-refractivity contribution in [3.05, 3.63) is 95.6 Å². The molecule has 0 radical (unpaired) electrons. The average molecular weight is 522 g/mol. The van der Waals surface area contributed by atoms with Crippen LogP contribution in [0.2, 0.25) is 0 Å². The van der Waals surface area contributed by atoms with E-state index in [0.29, 0.717) is 18.1 Å². The summed E-state index contributed by atoms with van der Waals surface area (Å²) >= 11 is 0. The molecule has 7 heteroatoms. The number of benzene rings is 3. The van der Waals surface area contributed by atoms with Crippen LogP contribution in [0.25, 0.3) is 0 Å². The summed E-state index contributed by atoms with van der Waals surface area (Å²) in [6.45, 7) is 6.65. The van der Waals surface area contributed by atoms with Gasteiger partial charge in [-0.2, -0.15) is 0 Å². The molecular weight excluding hydrogens is 486 g/mol. The topological polar surface area (TPSA) is 38.8 Å². The second kappa shape index (κ2) is 11.5. The van der Waals surface area contributed by atoms with E-state index in [0.717, 1.165) is 55.7 Å². The first-order valence-electron chi connectivity index (χ1n) is 13.5. The van der Waals surface area contributed by atoms with E-state index in [-0.39, 0.29) is 24.2 Å². The number of halogens is 2. The number of carbonyl (C=O) groups is 1. The lowest BCUT2D eigenvalue weighted by Crippen LogP contribution is -2.65. The number of fused-ring (bicyclic) bond motifs is 3. The van der Waals surface area contributed by atoms with Crippen molar-refractivity contribution in [2.24, 2.45) is 5.92 Å². The van der Waals surface area contributed by atoms with E-state index in [9.17, 15) is 13.6 Å². The van der Waals surface area contributed by atoms with E-state index in [1.165, 1.54) is 28.7 Å². The fourth-order valence-electron chi connectivity index (χ4n) is 5.84. The summed E-state index contributed by atoms with van der Waals surface area (Å²) in [5, 5.41) is 0. The zero-order valence-corrected chi connectivity index (χ0v) is 21.8. The Hall–Kier alpha value is -3.45. The van der Waals surface area contributed by atoms with E-state index >= 15 is 0 Å². The molecule has 200 valence electrons. The number of amides is 1. The number of hydrogen-bond donors (Lipinski definition) is 0. The molecule has 3 aromatic carbocycles. The maximum absolute atomic E-state index is 14.8. The molecule has 3 aromatic rings. The van der Waals surface area contributed by atoms with Crippen LogP contribution in [0.3, 0.4) is 0 Å². The van der Waals surface area contributed by atoms with Gasteiger partial charge in [-0.25, -0.2) is 13.6 Å². The number of piperidine rings is 3. The standard InChI is InChI=1S/C31H35F2N2O3/c1-2-37-27-13-9-23(10-14-27)15-18-35-19-16-25(17-20-35)30(22-35)38-31(36)34(29-6-4-3-5-28(29)33)21-24-7-11-26(32)12-8-24/h3-14,25,30H,2,15-22H2,1H3/q+1/t25?,30-,35?/m0/s1. The predicted octanol–water partition coefficient (Wildman–Crippen LogP) is 6.36. The van der Waals surface area contributed by atoms with E-state index < -0.39 is 11.9 Å². The molecule has 1 atom stereocenters. The summed E-state index contributed by atoms with van der Waals surface area (Å²) in [6, 6.07) is 20.4. The molecule has 3 saturated heterocycles. The molecule has 0 saturated carbocycles. The quantitative estimate of drug-likeness (QED) is 0.308. The van der Waals surface area contributed by atoms with Crippen molar-refractivity contribution in [3.63, 3.8) is 0 Å². The number of carbonyl (C=O) groups excluding carboxylic acids is 1. The van der Waals surface area contributed by atoms with Gasteiger partial charge in [-0.05, 0) is 54.4 Å². The van der Waals surface area contributed by atoms with Gasteiger partial charge >= 0.3 is 6.09 Å². The van der Waals surface area contributed by atoms with Gasteiger partial charge in [0.1, 0.15) is 23.9 Å². The van der Waals surface area contributed by atoms with Gasteiger partial charge in [-0.15, -0.1) is 0 Å². The van der Waals surface area contributed by atoms with Crippen molar-refractivity contribution < 1.29 is 27.5 Å². The van der Waals surface area contributed by atoms with Crippen molar-refractivity contribution in [1.82, 2.24) is 0 Å². The minimum Gasteiger partial charge on any atom is -0.494 e. The molecule has 3 aliphatic heterocycles. The maximum Gasteiger partial charge on any atom is 0.415 e. The molecule has 0 aromatic heterocycles. The highest BCUT2D eigenvalue weighted by molar-refractivity contribution is 5.87. The van der Waals surface area contributed by atoms with E-state index in [2.05, 4.69) is 12.1 Å². The van der Waals surface area contributed by atoms with Gasteiger partial charge in [-0.1, -0.05) is 36.4 Å². The van der Waals surface area contributed by atoms with Crippen LogP contribution in [0.4, 0.5) is 19.3 Å². The summed E-state index contributed by atoms with van der Waals surface area (Å²) in [4.78, 5) is 14.8. The first-order chi connectivity index (χ1) is 18.4. The van der Waals surface area contributed by atoms with E-state index in [1.54, 1.807) is 30.3 Å². The first kappa shape index (κ1) is 26.2. The smallest absolute Gasteiger partial charge is 0.415 e. The molecule has 1 amide bonds. The second-order valence-corrected chi connectivity index (χ2v) is 10.4. The van der Waals surface area contributed by atoms with E-state index in [4.69, 9.17) is 9.47 Å². The molecule has 3 heterocycles. The van der Waals surface area contributed by atoms with Crippen molar-refractivity contribution in [1.29, 1.82) is 0 Å². The van der Waals surface area contributed by atoms with Crippen molar-refractivity contribution in [3.8, 4) is 5.75 Å². The van der Waals surface area contributed by atoms with Crippen LogP contribution in [0.15, 0.2) is 72.8 Å². The van der Waals surface area contributed by atoms with Crippen LogP contribution < -0.4 is 9.64 Å². The van der Waals surface area contributed by atoms with Crippen LogP contribution in [-0.2, 0) is 17.7 Å². The average Bonchev–Trinajstić information content (AvgIpc) is 2.94. The summed E-state index contributed by atoms with van der Waals surface area (Å²) < 4.78 is 40.8. The minimum atomic E-state index is -0.567. The number of rotatable bonds is 9.